The van der Waals surface area contributed by atoms with Crippen LogP contribution in [0.5, 0.6) is 0 Å². The second kappa shape index (κ2) is 6.31. The number of ether oxygens (including phenoxy) is 1. The number of aromatic amines is 1. The summed E-state index contributed by atoms with van der Waals surface area (Å²) in [5, 5.41) is 11.2. The zero-order valence-corrected chi connectivity index (χ0v) is 13.4. The van der Waals surface area contributed by atoms with Crippen molar-refractivity contribution in [2.45, 2.75) is 26.3 Å². The average Bonchev–Trinajstić information content (AvgIpc) is 2.78. The molecule has 2 aromatic rings. The van der Waals surface area contributed by atoms with E-state index in [0.717, 1.165) is 5.69 Å². The summed E-state index contributed by atoms with van der Waals surface area (Å²) in [4.78, 5) is 12.6. The van der Waals surface area contributed by atoms with Crippen LogP contribution in [0.2, 0.25) is 0 Å². The van der Waals surface area contributed by atoms with E-state index < -0.39 is 0 Å². The molecule has 1 N–H and O–H groups in total. The Morgan fingerprint density at radius 3 is 2.71 bits per heavy atom. The Bertz CT molecular complexity index is 744. The molecule has 0 spiro atoms. The third kappa shape index (κ3) is 3.11. The van der Waals surface area contributed by atoms with E-state index in [1.165, 1.54) is 4.68 Å². The van der Waals surface area contributed by atoms with E-state index in [4.69, 9.17) is 17.0 Å². The number of nitrogens with one attached hydrogen (secondary N) is 1. The van der Waals surface area contributed by atoms with Crippen LogP contribution >= 0.6 is 12.2 Å². The second-order valence-corrected chi connectivity index (χ2v) is 5.46. The minimum atomic E-state index is -0.200. The lowest BCUT2D eigenvalue weighted by atomic mass is 10.1. The number of aromatic nitrogens is 5. The molecule has 0 aliphatic heterocycles. The van der Waals surface area contributed by atoms with Gasteiger partial charge in [-0.2, -0.15) is 10.2 Å². The zero-order valence-electron chi connectivity index (χ0n) is 12.6. The van der Waals surface area contributed by atoms with Gasteiger partial charge in [-0.05, 0) is 24.2 Å². The fraction of sp³-hybridized carbons (Fsp3) is 0.538. The van der Waals surface area contributed by atoms with Gasteiger partial charge in [0.2, 0.25) is 0 Å². The molecule has 8 heteroatoms. The van der Waals surface area contributed by atoms with Gasteiger partial charge >= 0.3 is 0 Å². The highest BCUT2D eigenvalue weighted by molar-refractivity contribution is 7.71. The Morgan fingerprint density at radius 2 is 2.19 bits per heavy atom. The first-order valence-electron chi connectivity index (χ1n) is 6.68. The normalized spacial score (nSPS) is 11.3. The van der Waals surface area contributed by atoms with Gasteiger partial charge in [-0.3, -0.25) is 9.89 Å². The third-order valence-electron chi connectivity index (χ3n) is 3.21. The zero-order chi connectivity index (χ0) is 15.6. The number of hydrogen-bond acceptors (Lipinski definition) is 5. The highest BCUT2D eigenvalue weighted by Crippen LogP contribution is 2.17. The molecule has 0 radical (unpaired) electrons. The minimum Gasteiger partial charge on any atom is -0.383 e. The summed E-state index contributed by atoms with van der Waals surface area (Å²) in [6.45, 7) is 4.88. The molecular weight excluding hydrogens is 290 g/mol. The Morgan fingerprint density at radius 1 is 1.48 bits per heavy atom. The van der Waals surface area contributed by atoms with Gasteiger partial charge in [-0.15, -0.1) is 0 Å². The molecule has 0 aromatic carbocycles. The lowest BCUT2D eigenvalue weighted by Crippen LogP contribution is -2.28. The maximum absolute atomic E-state index is 12.6. The first-order valence-corrected chi connectivity index (χ1v) is 7.09. The maximum Gasteiger partial charge on any atom is 0.277 e. The molecule has 2 rings (SSSR count). The van der Waals surface area contributed by atoms with E-state index in [2.05, 4.69) is 15.3 Å². The van der Waals surface area contributed by atoms with Crippen molar-refractivity contribution in [3.63, 3.8) is 0 Å². The third-order valence-corrected chi connectivity index (χ3v) is 3.58. The van der Waals surface area contributed by atoms with Crippen LogP contribution in [0, 0.1) is 4.77 Å². The molecule has 0 fully saturated rings. The predicted molar refractivity (Wildman–Crippen MR) is 81.8 cm³/mol. The fourth-order valence-corrected chi connectivity index (χ4v) is 2.05. The first kappa shape index (κ1) is 15.6. The van der Waals surface area contributed by atoms with E-state index in [-0.39, 0.29) is 11.5 Å². The molecule has 0 saturated carbocycles. The minimum absolute atomic E-state index is 0.199. The molecule has 2 aromatic heterocycles. The van der Waals surface area contributed by atoms with Crippen molar-refractivity contribution in [2.75, 3.05) is 13.7 Å². The molecule has 2 heterocycles. The van der Waals surface area contributed by atoms with Crippen molar-refractivity contribution < 1.29 is 4.74 Å². The van der Waals surface area contributed by atoms with Gasteiger partial charge in [0.1, 0.15) is 0 Å². The van der Waals surface area contributed by atoms with Crippen LogP contribution in [0.25, 0.3) is 11.4 Å². The largest absolute Gasteiger partial charge is 0.383 e. The summed E-state index contributed by atoms with van der Waals surface area (Å²) in [5.41, 5.74) is 1.11. The SMILES string of the molecule is COCCn1nc(C(C)C)cc(-c2n[nH]c(=S)n2C)c1=O. The van der Waals surface area contributed by atoms with Crippen LogP contribution in [0.15, 0.2) is 10.9 Å². The summed E-state index contributed by atoms with van der Waals surface area (Å²) in [6, 6.07) is 1.78. The van der Waals surface area contributed by atoms with Gasteiger partial charge < -0.3 is 9.30 Å². The number of hydrogen-bond donors (Lipinski definition) is 1. The smallest absolute Gasteiger partial charge is 0.277 e. The van der Waals surface area contributed by atoms with Crippen molar-refractivity contribution in [3.8, 4) is 11.4 Å². The summed E-state index contributed by atoms with van der Waals surface area (Å²) in [7, 11) is 3.37. The van der Waals surface area contributed by atoms with Gasteiger partial charge in [0.05, 0.1) is 24.4 Å². The van der Waals surface area contributed by atoms with E-state index in [0.29, 0.717) is 29.3 Å². The van der Waals surface area contributed by atoms with E-state index in [9.17, 15) is 4.79 Å². The number of methoxy groups -OCH3 is 1. The fourth-order valence-electron chi connectivity index (χ4n) is 1.92. The van der Waals surface area contributed by atoms with Gasteiger partial charge in [0, 0.05) is 14.2 Å². The molecule has 0 aliphatic carbocycles. The van der Waals surface area contributed by atoms with Crippen LogP contribution < -0.4 is 5.56 Å². The first-order chi connectivity index (χ1) is 9.95. The molecule has 0 amide bonds. The molecular formula is C13H19N5O2S. The number of nitrogens with zero attached hydrogens (tertiary/aromatic N) is 4. The van der Waals surface area contributed by atoms with Crippen LogP contribution in [-0.4, -0.2) is 38.3 Å². The molecule has 21 heavy (non-hydrogen) atoms. The molecule has 7 nitrogen and oxygen atoms in total. The Hall–Kier alpha value is -1.80. The molecule has 114 valence electrons. The van der Waals surface area contributed by atoms with Gasteiger partial charge in [0.25, 0.3) is 5.56 Å². The summed E-state index contributed by atoms with van der Waals surface area (Å²) in [6.07, 6.45) is 0. The van der Waals surface area contributed by atoms with Crippen molar-refractivity contribution >= 4 is 12.2 Å². The number of rotatable bonds is 5. The van der Waals surface area contributed by atoms with Crippen molar-refractivity contribution in [1.29, 1.82) is 0 Å². The Balaban J connectivity index is 2.64. The van der Waals surface area contributed by atoms with E-state index >= 15 is 0 Å². The van der Waals surface area contributed by atoms with E-state index in [1.54, 1.807) is 24.8 Å². The molecule has 0 bridgehead atoms. The summed E-state index contributed by atoms with van der Waals surface area (Å²) < 4.78 is 8.60. The molecule has 0 atom stereocenters. The predicted octanol–water partition coefficient (Wildman–Crippen LogP) is 1.47. The van der Waals surface area contributed by atoms with Crippen LogP contribution in [0.3, 0.4) is 0 Å². The number of H-pyrrole nitrogens is 1. The monoisotopic (exact) mass is 309 g/mol. The maximum atomic E-state index is 12.6. The van der Waals surface area contributed by atoms with Crippen LogP contribution in [0.1, 0.15) is 25.5 Å². The topological polar surface area (TPSA) is 77.7 Å². The van der Waals surface area contributed by atoms with Crippen LogP contribution in [0.4, 0.5) is 0 Å². The van der Waals surface area contributed by atoms with Gasteiger partial charge in [-0.25, -0.2) is 4.68 Å². The molecule has 0 aliphatic rings. The lowest BCUT2D eigenvalue weighted by Gasteiger charge is -2.11. The van der Waals surface area contributed by atoms with Crippen LogP contribution in [-0.2, 0) is 18.3 Å². The Kier molecular flexibility index (Phi) is 4.69. The lowest BCUT2D eigenvalue weighted by molar-refractivity contribution is 0.181. The molecule has 0 saturated heterocycles. The quantitative estimate of drug-likeness (QED) is 0.846. The summed E-state index contributed by atoms with van der Waals surface area (Å²) >= 11 is 5.11. The van der Waals surface area contributed by atoms with Crippen molar-refractivity contribution in [1.82, 2.24) is 24.5 Å². The van der Waals surface area contributed by atoms with E-state index in [1.807, 2.05) is 13.8 Å². The molecule has 0 unspecified atom stereocenters. The standard InChI is InChI=1S/C13H19N5O2S/c1-8(2)10-7-9(11-14-15-13(21)17(11)3)12(19)18(16-10)5-6-20-4/h7-8H,5-6H2,1-4H3,(H,15,21). The highest BCUT2D eigenvalue weighted by Gasteiger charge is 2.16. The average molecular weight is 309 g/mol. The highest BCUT2D eigenvalue weighted by atomic mass is 32.1. The van der Waals surface area contributed by atoms with Gasteiger partial charge in [0.15, 0.2) is 10.6 Å². The van der Waals surface area contributed by atoms with Crippen molar-refractivity contribution in [2.24, 2.45) is 7.05 Å². The van der Waals surface area contributed by atoms with Gasteiger partial charge in [-0.1, -0.05) is 13.8 Å². The Labute approximate surface area is 127 Å². The summed E-state index contributed by atoms with van der Waals surface area (Å²) in [5.74, 6) is 0.714. The van der Waals surface area contributed by atoms with Crippen molar-refractivity contribution in [3.05, 3.63) is 26.9 Å². The second-order valence-electron chi connectivity index (χ2n) is 5.07.